The molecule has 1 amide bonds. The van der Waals surface area contributed by atoms with Gasteiger partial charge >= 0.3 is 6.18 Å². The van der Waals surface area contributed by atoms with Crippen LogP contribution in [0.25, 0.3) is 32.9 Å². The zero-order valence-electron chi connectivity index (χ0n) is 17.4. The molecule has 2 N–H and O–H groups in total. The van der Waals surface area contributed by atoms with E-state index in [4.69, 9.17) is 5.73 Å². The summed E-state index contributed by atoms with van der Waals surface area (Å²) in [5.41, 5.74) is 9.47. The average molecular weight is 443 g/mol. The Kier molecular flexibility index (Phi) is 4.93. The lowest BCUT2D eigenvalue weighted by molar-refractivity contribution is -0.137. The third-order valence-electron chi connectivity index (χ3n) is 5.79. The SMILES string of the molecule is NC(=O)c1cccc2c1c1[c]cc(-c3ccc(C(F)(F)F)cc3)cc1n2Cc1ccccc1. The first-order valence-corrected chi connectivity index (χ1v) is 10.3. The maximum absolute atomic E-state index is 13.0. The smallest absolute Gasteiger partial charge is 0.366 e. The number of nitrogens with two attached hydrogens (primary N) is 1. The molecule has 0 bridgehead atoms. The van der Waals surface area contributed by atoms with Crippen LogP contribution in [0, 0.1) is 6.07 Å². The number of primary amides is 1. The molecule has 3 nitrogen and oxygen atoms in total. The van der Waals surface area contributed by atoms with E-state index in [1.165, 1.54) is 12.1 Å². The zero-order valence-corrected chi connectivity index (χ0v) is 17.4. The van der Waals surface area contributed by atoms with Gasteiger partial charge in [-0.25, -0.2) is 0 Å². The van der Waals surface area contributed by atoms with E-state index in [1.54, 1.807) is 18.2 Å². The Bertz CT molecular complexity index is 1480. The maximum Gasteiger partial charge on any atom is 0.416 e. The summed E-state index contributed by atoms with van der Waals surface area (Å²) in [7, 11) is 0. The second kappa shape index (κ2) is 7.81. The van der Waals surface area contributed by atoms with Gasteiger partial charge in [0.25, 0.3) is 0 Å². The van der Waals surface area contributed by atoms with Gasteiger partial charge in [-0.05, 0) is 59.2 Å². The lowest BCUT2D eigenvalue weighted by Gasteiger charge is -2.10. The summed E-state index contributed by atoms with van der Waals surface area (Å²) >= 11 is 0. The van der Waals surface area contributed by atoms with Gasteiger partial charge in [0, 0.05) is 22.9 Å². The van der Waals surface area contributed by atoms with Gasteiger partial charge in [0.15, 0.2) is 0 Å². The lowest BCUT2D eigenvalue weighted by atomic mass is 10.0. The molecule has 0 unspecified atom stereocenters. The van der Waals surface area contributed by atoms with Gasteiger partial charge in [0.2, 0.25) is 5.91 Å². The molecule has 5 rings (SSSR count). The standard InChI is InChI=1S/C27H18F3N2O/c28-27(29,30)20-12-9-18(10-13-20)19-11-14-21-24(15-19)32(16-17-5-2-1-3-6-17)23-8-4-7-22(25(21)23)26(31)33/h1-13,15H,16H2,(H2,31,33). The fraction of sp³-hybridized carbons (Fsp3) is 0.0741. The van der Waals surface area contributed by atoms with Gasteiger partial charge in [-0.2, -0.15) is 13.2 Å². The van der Waals surface area contributed by atoms with Crippen LogP contribution in [0.4, 0.5) is 13.2 Å². The molecule has 6 heteroatoms. The molecule has 1 radical (unpaired) electrons. The van der Waals surface area contributed by atoms with Crippen molar-refractivity contribution in [3.05, 3.63) is 108 Å². The van der Waals surface area contributed by atoms with E-state index in [0.29, 0.717) is 17.7 Å². The van der Waals surface area contributed by atoms with Crippen molar-refractivity contribution in [1.29, 1.82) is 0 Å². The first-order valence-electron chi connectivity index (χ1n) is 10.3. The Morgan fingerprint density at radius 2 is 1.61 bits per heavy atom. The van der Waals surface area contributed by atoms with Crippen molar-refractivity contribution < 1.29 is 18.0 Å². The molecule has 5 aromatic rings. The summed E-state index contributed by atoms with van der Waals surface area (Å²) in [6, 6.07) is 27.3. The quantitative estimate of drug-likeness (QED) is 0.342. The second-order valence-corrected chi connectivity index (χ2v) is 7.86. The predicted octanol–water partition coefficient (Wildman–Crippen LogP) is 6.43. The second-order valence-electron chi connectivity index (χ2n) is 7.86. The van der Waals surface area contributed by atoms with Crippen LogP contribution in [-0.2, 0) is 12.7 Å². The van der Waals surface area contributed by atoms with Gasteiger partial charge in [-0.1, -0.05) is 48.5 Å². The van der Waals surface area contributed by atoms with Crippen molar-refractivity contribution in [2.75, 3.05) is 0 Å². The number of fused-ring (bicyclic) bond motifs is 3. The first-order chi connectivity index (χ1) is 15.8. The summed E-state index contributed by atoms with van der Waals surface area (Å²) in [4.78, 5) is 12.1. The molecule has 0 saturated heterocycles. The van der Waals surface area contributed by atoms with Gasteiger partial charge in [0.1, 0.15) is 0 Å². The van der Waals surface area contributed by atoms with Crippen LogP contribution in [0.1, 0.15) is 21.5 Å². The summed E-state index contributed by atoms with van der Waals surface area (Å²) in [5, 5.41) is 1.46. The number of carbonyl (C=O) groups is 1. The van der Waals surface area contributed by atoms with Crippen LogP contribution in [0.5, 0.6) is 0 Å². The van der Waals surface area contributed by atoms with Crippen LogP contribution >= 0.6 is 0 Å². The monoisotopic (exact) mass is 443 g/mol. The van der Waals surface area contributed by atoms with E-state index in [0.717, 1.165) is 45.1 Å². The first kappa shape index (κ1) is 20.8. The van der Waals surface area contributed by atoms with Crippen LogP contribution in [0.3, 0.4) is 0 Å². The van der Waals surface area contributed by atoms with E-state index >= 15 is 0 Å². The highest BCUT2D eigenvalue weighted by Gasteiger charge is 2.30. The summed E-state index contributed by atoms with van der Waals surface area (Å²) < 4.78 is 41.0. The minimum absolute atomic E-state index is 0.405. The molecule has 1 aromatic heterocycles. The third kappa shape index (κ3) is 3.74. The number of rotatable bonds is 4. The summed E-state index contributed by atoms with van der Waals surface area (Å²) in [5.74, 6) is -0.528. The normalized spacial score (nSPS) is 11.8. The lowest BCUT2D eigenvalue weighted by Crippen LogP contribution is -2.11. The Hall–Kier alpha value is -4.06. The van der Waals surface area contributed by atoms with Gasteiger partial charge in [-0.15, -0.1) is 0 Å². The molecule has 0 aliphatic heterocycles. The highest BCUT2D eigenvalue weighted by molar-refractivity contribution is 6.18. The van der Waals surface area contributed by atoms with Gasteiger partial charge < -0.3 is 10.3 Å². The van der Waals surface area contributed by atoms with Gasteiger partial charge in [-0.3, -0.25) is 4.79 Å². The number of benzene rings is 4. The summed E-state index contributed by atoms with van der Waals surface area (Å²) in [6.45, 7) is 0.549. The zero-order chi connectivity index (χ0) is 23.2. The van der Waals surface area contributed by atoms with Crippen LogP contribution < -0.4 is 5.73 Å². The number of hydrogen-bond donors (Lipinski definition) is 1. The van der Waals surface area contributed by atoms with E-state index in [2.05, 4.69) is 10.6 Å². The molecular formula is C27H18F3N2O. The van der Waals surface area contributed by atoms with Crippen LogP contribution in [0.2, 0.25) is 0 Å². The number of nitrogens with zero attached hydrogens (tertiary/aromatic N) is 1. The van der Waals surface area contributed by atoms with E-state index in [-0.39, 0.29) is 0 Å². The Labute approximate surface area is 187 Å². The van der Waals surface area contributed by atoms with Crippen molar-refractivity contribution in [2.24, 2.45) is 5.73 Å². The van der Waals surface area contributed by atoms with Crippen molar-refractivity contribution in [3.63, 3.8) is 0 Å². The predicted molar refractivity (Wildman–Crippen MR) is 123 cm³/mol. The average Bonchev–Trinajstić information content (AvgIpc) is 3.12. The number of alkyl halides is 3. The molecule has 0 aliphatic carbocycles. The molecule has 0 atom stereocenters. The number of amides is 1. The Balaban J connectivity index is 1.73. The molecular weight excluding hydrogens is 425 g/mol. The van der Waals surface area contributed by atoms with Gasteiger partial charge in [0.05, 0.1) is 16.6 Å². The molecule has 1 heterocycles. The third-order valence-corrected chi connectivity index (χ3v) is 5.79. The molecule has 163 valence electrons. The van der Waals surface area contributed by atoms with Crippen LogP contribution in [-0.4, -0.2) is 10.5 Å². The summed E-state index contributed by atoms with van der Waals surface area (Å²) in [6.07, 6.45) is -4.39. The number of halogens is 3. The molecule has 4 aromatic carbocycles. The minimum Gasteiger partial charge on any atom is -0.366 e. The van der Waals surface area contributed by atoms with E-state index in [9.17, 15) is 18.0 Å². The number of aromatic nitrogens is 1. The Morgan fingerprint density at radius 3 is 2.27 bits per heavy atom. The molecule has 33 heavy (non-hydrogen) atoms. The fourth-order valence-electron chi connectivity index (χ4n) is 4.22. The fourth-order valence-corrected chi connectivity index (χ4v) is 4.22. The van der Waals surface area contributed by atoms with Crippen molar-refractivity contribution >= 4 is 27.7 Å². The maximum atomic E-state index is 13.0. The van der Waals surface area contributed by atoms with Crippen molar-refractivity contribution in [2.45, 2.75) is 12.7 Å². The Morgan fingerprint density at radius 1 is 0.879 bits per heavy atom. The molecule has 0 aliphatic rings. The molecule has 0 fully saturated rings. The molecule has 0 spiro atoms. The van der Waals surface area contributed by atoms with Crippen molar-refractivity contribution in [3.8, 4) is 11.1 Å². The van der Waals surface area contributed by atoms with E-state index in [1.807, 2.05) is 42.5 Å². The largest absolute Gasteiger partial charge is 0.416 e. The highest BCUT2D eigenvalue weighted by Crippen LogP contribution is 2.36. The minimum atomic E-state index is -4.39. The van der Waals surface area contributed by atoms with Crippen molar-refractivity contribution in [1.82, 2.24) is 4.57 Å². The van der Waals surface area contributed by atoms with E-state index < -0.39 is 17.6 Å². The topological polar surface area (TPSA) is 48.0 Å². The molecule has 0 saturated carbocycles. The number of carbonyl (C=O) groups excluding carboxylic acids is 1. The van der Waals surface area contributed by atoms with Crippen LogP contribution in [0.15, 0.2) is 84.9 Å². The number of hydrogen-bond acceptors (Lipinski definition) is 1. The highest BCUT2D eigenvalue weighted by atomic mass is 19.4.